The topological polar surface area (TPSA) is 148 Å². The first-order valence-electron chi connectivity index (χ1n) is 11.6. The first-order chi connectivity index (χ1) is 17.2. The number of hydrogen-bond acceptors (Lipinski definition) is 8. The number of carboxylic acids is 2. The zero-order valence-corrected chi connectivity index (χ0v) is 20.6. The quantitative estimate of drug-likeness (QED) is 0.422. The van der Waals surface area contributed by atoms with Gasteiger partial charge in [-0.15, -0.1) is 0 Å². The van der Waals surface area contributed by atoms with Crippen LogP contribution in [0.15, 0.2) is 24.0 Å². The summed E-state index contributed by atoms with van der Waals surface area (Å²) in [6.45, 7) is 4.00. The summed E-state index contributed by atoms with van der Waals surface area (Å²) in [5.41, 5.74) is 4.31. The van der Waals surface area contributed by atoms with Crippen molar-refractivity contribution in [1.29, 1.82) is 0 Å². The molecule has 0 spiro atoms. The standard InChI is InChI=1S/C23H28N2O5.C2H2O4/c1-12-16-10-25-6-5-13-15-8-20(27-2)21(28-3)9-18(15)24-22(13)19(25)7-14(16)17(11-30-12)23(26)29-4;3-1(4)2(5)6/h8-9,11-12,14,16,19,24H,5-7,10H2,1-4H3;(H,3,4)(H,5,6). The number of aromatic amines is 1. The van der Waals surface area contributed by atoms with E-state index in [9.17, 15) is 4.79 Å². The smallest absolute Gasteiger partial charge is 0.414 e. The van der Waals surface area contributed by atoms with Gasteiger partial charge in [0, 0.05) is 47.6 Å². The van der Waals surface area contributed by atoms with Gasteiger partial charge in [0.1, 0.15) is 0 Å². The molecule has 3 N–H and O–H groups in total. The molecule has 0 saturated carbocycles. The van der Waals surface area contributed by atoms with Gasteiger partial charge in [-0.25, -0.2) is 14.4 Å². The Morgan fingerprint density at radius 1 is 1.08 bits per heavy atom. The van der Waals surface area contributed by atoms with E-state index in [1.165, 1.54) is 23.8 Å². The molecule has 11 heteroatoms. The number of carbonyl (C=O) groups is 3. The summed E-state index contributed by atoms with van der Waals surface area (Å²) in [6.07, 6.45) is 3.56. The van der Waals surface area contributed by atoms with Crippen LogP contribution in [0.3, 0.4) is 0 Å². The van der Waals surface area contributed by atoms with Crippen molar-refractivity contribution in [2.75, 3.05) is 34.4 Å². The first kappa shape index (κ1) is 25.4. The maximum absolute atomic E-state index is 12.4. The van der Waals surface area contributed by atoms with Crippen molar-refractivity contribution < 1.29 is 43.5 Å². The molecular weight excluding hydrogens is 472 g/mol. The summed E-state index contributed by atoms with van der Waals surface area (Å²) in [7, 11) is 4.75. The molecule has 11 nitrogen and oxygen atoms in total. The Kier molecular flexibility index (Phi) is 7.11. The third-order valence-electron chi connectivity index (χ3n) is 7.32. The molecule has 1 aromatic heterocycles. The lowest BCUT2D eigenvalue weighted by Crippen LogP contribution is -2.51. The molecule has 4 atom stereocenters. The van der Waals surface area contributed by atoms with Crippen LogP contribution in [0.25, 0.3) is 10.9 Å². The fourth-order valence-corrected chi connectivity index (χ4v) is 5.56. The van der Waals surface area contributed by atoms with Crippen molar-refractivity contribution >= 4 is 28.8 Å². The summed E-state index contributed by atoms with van der Waals surface area (Å²) in [6, 6.07) is 4.32. The minimum absolute atomic E-state index is 0.0852. The zero-order valence-electron chi connectivity index (χ0n) is 20.6. The van der Waals surface area contributed by atoms with Crippen LogP contribution in [0.5, 0.6) is 11.5 Å². The lowest BCUT2D eigenvalue weighted by molar-refractivity contribution is -0.159. The van der Waals surface area contributed by atoms with Gasteiger partial charge >= 0.3 is 17.9 Å². The van der Waals surface area contributed by atoms with Crippen LogP contribution < -0.4 is 9.47 Å². The van der Waals surface area contributed by atoms with Crippen LogP contribution in [-0.4, -0.2) is 78.5 Å². The van der Waals surface area contributed by atoms with Gasteiger partial charge in [0.15, 0.2) is 11.5 Å². The maximum Gasteiger partial charge on any atom is 0.414 e. The van der Waals surface area contributed by atoms with E-state index in [0.29, 0.717) is 5.57 Å². The number of esters is 1. The van der Waals surface area contributed by atoms with Gasteiger partial charge in [-0.1, -0.05) is 0 Å². The fraction of sp³-hybridized carbons (Fsp3) is 0.480. The van der Waals surface area contributed by atoms with Crippen LogP contribution in [0.4, 0.5) is 0 Å². The van der Waals surface area contributed by atoms with Gasteiger partial charge in [-0.05, 0) is 31.4 Å². The van der Waals surface area contributed by atoms with Crippen molar-refractivity contribution in [1.82, 2.24) is 9.88 Å². The molecule has 4 unspecified atom stereocenters. The Labute approximate surface area is 207 Å². The van der Waals surface area contributed by atoms with Crippen LogP contribution >= 0.6 is 0 Å². The number of piperidine rings is 1. The van der Waals surface area contributed by atoms with Gasteiger partial charge in [0.05, 0.1) is 45.3 Å². The van der Waals surface area contributed by atoms with Crippen LogP contribution in [-0.2, 0) is 30.3 Å². The van der Waals surface area contributed by atoms with E-state index >= 15 is 0 Å². The molecule has 3 aliphatic rings. The summed E-state index contributed by atoms with van der Waals surface area (Å²) >= 11 is 0. The van der Waals surface area contributed by atoms with Crippen molar-refractivity contribution in [3.63, 3.8) is 0 Å². The average molecular weight is 503 g/mol. The van der Waals surface area contributed by atoms with E-state index in [1.54, 1.807) is 20.5 Å². The molecule has 2 aromatic rings. The lowest BCUT2D eigenvalue weighted by Gasteiger charge is -2.49. The average Bonchev–Trinajstić information content (AvgIpc) is 3.25. The number of ether oxygens (including phenoxy) is 4. The zero-order chi connectivity index (χ0) is 26.1. The van der Waals surface area contributed by atoms with Crippen molar-refractivity contribution in [2.24, 2.45) is 11.8 Å². The number of aliphatic carboxylic acids is 2. The molecule has 3 aliphatic heterocycles. The number of benzene rings is 1. The van der Waals surface area contributed by atoms with Gasteiger partial charge in [0.2, 0.25) is 0 Å². The number of fused-ring (bicyclic) bond motifs is 6. The highest BCUT2D eigenvalue weighted by Gasteiger charge is 2.47. The Morgan fingerprint density at radius 2 is 1.75 bits per heavy atom. The van der Waals surface area contributed by atoms with Crippen LogP contribution in [0.1, 0.15) is 30.6 Å². The molecule has 0 aliphatic carbocycles. The van der Waals surface area contributed by atoms with Crippen LogP contribution in [0.2, 0.25) is 0 Å². The summed E-state index contributed by atoms with van der Waals surface area (Å²) in [5, 5.41) is 16.0. The van der Waals surface area contributed by atoms with Crippen LogP contribution in [0, 0.1) is 11.8 Å². The number of aromatic nitrogens is 1. The minimum Gasteiger partial charge on any atom is -0.497 e. The van der Waals surface area contributed by atoms with Gasteiger partial charge in [-0.3, -0.25) is 4.90 Å². The predicted molar refractivity (Wildman–Crippen MR) is 127 cm³/mol. The number of rotatable bonds is 3. The molecule has 1 fully saturated rings. The van der Waals surface area contributed by atoms with E-state index < -0.39 is 11.9 Å². The number of hydrogen-bond donors (Lipinski definition) is 3. The molecule has 36 heavy (non-hydrogen) atoms. The van der Waals surface area contributed by atoms with Crippen molar-refractivity contribution in [3.8, 4) is 11.5 Å². The molecular formula is C25H30N2O9. The fourth-order valence-electron chi connectivity index (χ4n) is 5.56. The molecule has 194 valence electrons. The van der Waals surface area contributed by atoms with E-state index in [1.807, 2.05) is 6.07 Å². The number of nitrogens with zero attached hydrogens (tertiary/aromatic N) is 1. The summed E-state index contributed by atoms with van der Waals surface area (Å²) in [4.78, 5) is 36.8. The van der Waals surface area contributed by atoms with E-state index in [2.05, 4.69) is 22.9 Å². The van der Waals surface area contributed by atoms with E-state index in [0.717, 1.165) is 42.9 Å². The highest BCUT2D eigenvalue weighted by molar-refractivity contribution is 6.27. The second-order valence-corrected chi connectivity index (χ2v) is 9.05. The van der Waals surface area contributed by atoms with E-state index in [-0.39, 0.29) is 30.0 Å². The second-order valence-electron chi connectivity index (χ2n) is 9.05. The molecule has 4 heterocycles. The van der Waals surface area contributed by atoms with Gasteiger partial charge < -0.3 is 34.1 Å². The Hall–Kier alpha value is -3.73. The monoisotopic (exact) mass is 502 g/mol. The number of carboxylic acid groups (broad SMARTS) is 2. The third kappa shape index (κ3) is 4.46. The molecule has 0 amide bonds. The number of methoxy groups -OCH3 is 3. The number of nitrogens with one attached hydrogen (secondary N) is 1. The first-order valence-corrected chi connectivity index (χ1v) is 11.6. The Bertz CT molecular complexity index is 1210. The summed E-state index contributed by atoms with van der Waals surface area (Å²) < 4.78 is 21.9. The number of H-pyrrole nitrogens is 1. The normalized spacial score (nSPS) is 24.5. The predicted octanol–water partition coefficient (Wildman–Crippen LogP) is 2.35. The van der Waals surface area contributed by atoms with Gasteiger partial charge in [-0.2, -0.15) is 0 Å². The highest BCUT2D eigenvalue weighted by atomic mass is 16.5. The maximum atomic E-state index is 12.4. The molecule has 5 rings (SSSR count). The Balaban J connectivity index is 0.000000455. The van der Waals surface area contributed by atoms with Gasteiger partial charge in [0.25, 0.3) is 0 Å². The summed E-state index contributed by atoms with van der Waals surface area (Å²) in [5.74, 6) is -2.06. The van der Waals surface area contributed by atoms with Crippen molar-refractivity contribution in [2.45, 2.75) is 31.9 Å². The third-order valence-corrected chi connectivity index (χ3v) is 7.32. The molecule has 1 aromatic carbocycles. The highest BCUT2D eigenvalue weighted by Crippen LogP contribution is 2.48. The SMILES string of the molecule is COC(=O)C1=COC(C)C2CN3CCc4c([nH]c5cc(OC)c(OC)cc45)C3CC12.O=C(O)C(=O)O. The second kappa shape index (κ2) is 10.1. The molecule has 0 bridgehead atoms. The lowest BCUT2D eigenvalue weighted by atomic mass is 9.72. The molecule has 0 radical (unpaired) electrons. The largest absolute Gasteiger partial charge is 0.497 e. The number of carbonyl (C=O) groups excluding carboxylic acids is 1. The Morgan fingerprint density at radius 3 is 2.36 bits per heavy atom. The molecule has 1 saturated heterocycles. The minimum atomic E-state index is -1.82. The van der Waals surface area contributed by atoms with E-state index in [4.69, 9.17) is 38.7 Å². The van der Waals surface area contributed by atoms with Crippen molar-refractivity contribution in [3.05, 3.63) is 35.2 Å².